The van der Waals surface area contributed by atoms with Crippen LogP contribution in [0, 0.1) is 0 Å². The first-order valence-corrected chi connectivity index (χ1v) is 9.75. The molecule has 2 aromatic carbocycles. The van der Waals surface area contributed by atoms with Gasteiger partial charge >= 0.3 is 0 Å². The zero-order valence-electron chi connectivity index (χ0n) is 16.4. The van der Waals surface area contributed by atoms with Gasteiger partial charge in [-0.2, -0.15) is 4.98 Å². The second-order valence-corrected chi connectivity index (χ2v) is 7.07. The molecule has 0 saturated heterocycles. The highest BCUT2D eigenvalue weighted by molar-refractivity contribution is 5.90. The summed E-state index contributed by atoms with van der Waals surface area (Å²) in [5, 5.41) is 8.03. The van der Waals surface area contributed by atoms with Crippen LogP contribution in [0.4, 0.5) is 11.8 Å². The molecule has 3 aromatic rings. The Morgan fingerprint density at radius 2 is 1.82 bits per heavy atom. The zero-order chi connectivity index (χ0) is 19.3. The maximum Gasteiger partial charge on any atom is 0.225 e. The summed E-state index contributed by atoms with van der Waals surface area (Å²) in [7, 11) is 3.31. The van der Waals surface area contributed by atoms with Crippen LogP contribution < -0.4 is 20.1 Å². The van der Waals surface area contributed by atoms with Crippen molar-refractivity contribution in [2.24, 2.45) is 0 Å². The van der Waals surface area contributed by atoms with Gasteiger partial charge in [-0.15, -0.1) is 0 Å². The van der Waals surface area contributed by atoms with E-state index in [0.29, 0.717) is 18.5 Å². The Balaban J connectivity index is 1.58. The van der Waals surface area contributed by atoms with Gasteiger partial charge in [-0.25, -0.2) is 4.98 Å². The average molecular weight is 378 g/mol. The second kappa shape index (κ2) is 8.33. The second-order valence-electron chi connectivity index (χ2n) is 7.07. The highest BCUT2D eigenvalue weighted by Gasteiger charge is 2.17. The summed E-state index contributed by atoms with van der Waals surface area (Å²) in [5.74, 6) is 3.06. The number of benzene rings is 2. The summed E-state index contributed by atoms with van der Waals surface area (Å²) in [6, 6.07) is 14.4. The molecule has 1 saturated carbocycles. The number of fused-ring (bicyclic) bond motifs is 1. The minimum absolute atomic E-state index is 0.493. The lowest BCUT2D eigenvalue weighted by Gasteiger charge is -2.16. The number of methoxy groups -OCH3 is 2. The number of aromatic nitrogens is 2. The Morgan fingerprint density at radius 1 is 1.00 bits per heavy atom. The smallest absolute Gasteiger partial charge is 0.225 e. The summed E-state index contributed by atoms with van der Waals surface area (Å²) in [6.07, 6.45) is 4.96. The third-order valence-electron chi connectivity index (χ3n) is 5.23. The van der Waals surface area contributed by atoms with Gasteiger partial charge in [-0.1, -0.05) is 25.0 Å². The van der Waals surface area contributed by atoms with Crippen LogP contribution in [0.1, 0.15) is 31.2 Å². The summed E-state index contributed by atoms with van der Waals surface area (Å²) >= 11 is 0. The number of anilines is 2. The van der Waals surface area contributed by atoms with E-state index in [9.17, 15) is 0 Å². The van der Waals surface area contributed by atoms with Gasteiger partial charge in [-0.3, -0.25) is 0 Å². The molecule has 0 bridgehead atoms. The van der Waals surface area contributed by atoms with Gasteiger partial charge in [0.15, 0.2) is 0 Å². The molecule has 1 heterocycles. The van der Waals surface area contributed by atoms with Gasteiger partial charge in [0.2, 0.25) is 5.95 Å². The Kier molecular flexibility index (Phi) is 5.46. The first-order chi connectivity index (χ1) is 13.8. The van der Waals surface area contributed by atoms with Gasteiger partial charge in [-0.05, 0) is 37.1 Å². The molecule has 0 atom stereocenters. The van der Waals surface area contributed by atoms with Crippen molar-refractivity contribution in [3.63, 3.8) is 0 Å². The largest absolute Gasteiger partial charge is 0.497 e. The highest BCUT2D eigenvalue weighted by Crippen LogP contribution is 2.28. The van der Waals surface area contributed by atoms with E-state index < -0.39 is 0 Å². The van der Waals surface area contributed by atoms with Crippen LogP contribution in [0.3, 0.4) is 0 Å². The predicted octanol–water partition coefficient (Wildman–Crippen LogP) is 4.61. The lowest BCUT2D eigenvalue weighted by atomic mass is 10.2. The number of nitrogens with one attached hydrogen (secondary N) is 2. The molecule has 1 fully saturated rings. The van der Waals surface area contributed by atoms with Crippen molar-refractivity contribution in [1.29, 1.82) is 0 Å². The molecule has 0 unspecified atom stereocenters. The molecule has 146 valence electrons. The Bertz CT molecular complexity index is 954. The highest BCUT2D eigenvalue weighted by atomic mass is 16.5. The maximum absolute atomic E-state index is 5.49. The molecular weight excluding hydrogens is 352 g/mol. The lowest BCUT2D eigenvalue weighted by Crippen LogP contribution is -2.17. The van der Waals surface area contributed by atoms with E-state index in [1.165, 1.54) is 25.7 Å². The molecule has 0 amide bonds. The fraction of sp³-hybridized carbons (Fsp3) is 0.364. The number of rotatable bonds is 7. The standard InChI is InChI=1S/C22H26N4O2/c1-27-17-12-11-15(20(13-17)28-2)14-23-22-25-19-10-6-5-9-18(19)21(26-22)24-16-7-3-4-8-16/h5-6,9-13,16H,3-4,7-8,14H2,1-2H3,(H2,23,24,25,26). The molecule has 1 aliphatic carbocycles. The number of nitrogens with zero attached hydrogens (tertiary/aromatic N) is 2. The minimum Gasteiger partial charge on any atom is -0.497 e. The predicted molar refractivity (Wildman–Crippen MR) is 112 cm³/mol. The van der Waals surface area contributed by atoms with Crippen LogP contribution in [0.2, 0.25) is 0 Å². The van der Waals surface area contributed by atoms with Crippen LogP contribution in [0.15, 0.2) is 42.5 Å². The van der Waals surface area contributed by atoms with Crippen molar-refractivity contribution >= 4 is 22.7 Å². The molecule has 0 spiro atoms. The van der Waals surface area contributed by atoms with Gasteiger partial charge in [0.25, 0.3) is 0 Å². The molecule has 6 nitrogen and oxygen atoms in total. The maximum atomic E-state index is 5.49. The molecule has 1 aromatic heterocycles. The van der Waals surface area contributed by atoms with Gasteiger partial charge < -0.3 is 20.1 Å². The SMILES string of the molecule is COc1ccc(CNc2nc(NC3CCCC3)c3ccccc3n2)c(OC)c1. The van der Waals surface area contributed by atoms with Crippen LogP contribution in [0.5, 0.6) is 11.5 Å². The molecular formula is C22H26N4O2. The monoisotopic (exact) mass is 378 g/mol. The Hall–Kier alpha value is -3.02. The fourth-order valence-corrected chi connectivity index (χ4v) is 3.70. The third-order valence-corrected chi connectivity index (χ3v) is 5.23. The first-order valence-electron chi connectivity index (χ1n) is 9.75. The minimum atomic E-state index is 0.493. The third kappa shape index (κ3) is 3.96. The quantitative estimate of drug-likeness (QED) is 0.626. The lowest BCUT2D eigenvalue weighted by molar-refractivity contribution is 0.391. The van der Waals surface area contributed by atoms with Crippen molar-refractivity contribution in [3.8, 4) is 11.5 Å². The molecule has 6 heteroatoms. The van der Waals surface area contributed by atoms with Crippen LogP contribution in [0.25, 0.3) is 10.9 Å². The van der Waals surface area contributed by atoms with E-state index in [2.05, 4.69) is 21.7 Å². The van der Waals surface area contributed by atoms with Crippen LogP contribution in [-0.4, -0.2) is 30.2 Å². The van der Waals surface area contributed by atoms with E-state index in [-0.39, 0.29) is 0 Å². The van der Waals surface area contributed by atoms with E-state index >= 15 is 0 Å². The van der Waals surface area contributed by atoms with E-state index in [1.807, 2.05) is 36.4 Å². The normalized spacial score (nSPS) is 14.2. The van der Waals surface area contributed by atoms with Gasteiger partial charge in [0.05, 0.1) is 19.7 Å². The number of ether oxygens (including phenoxy) is 2. The zero-order valence-corrected chi connectivity index (χ0v) is 16.4. The van der Waals surface area contributed by atoms with Crippen molar-refractivity contribution in [1.82, 2.24) is 9.97 Å². The topological polar surface area (TPSA) is 68.3 Å². The van der Waals surface area contributed by atoms with Crippen LogP contribution in [-0.2, 0) is 6.54 Å². The molecule has 2 N–H and O–H groups in total. The molecule has 4 rings (SSSR count). The number of hydrogen-bond acceptors (Lipinski definition) is 6. The number of hydrogen-bond donors (Lipinski definition) is 2. The summed E-state index contributed by atoms with van der Waals surface area (Å²) in [5.41, 5.74) is 1.95. The van der Waals surface area contributed by atoms with E-state index in [0.717, 1.165) is 33.8 Å². The first kappa shape index (κ1) is 18.3. The van der Waals surface area contributed by atoms with Gasteiger partial charge in [0, 0.05) is 29.6 Å². The molecule has 0 aliphatic heterocycles. The fourth-order valence-electron chi connectivity index (χ4n) is 3.70. The Labute approximate surface area is 165 Å². The van der Waals surface area contributed by atoms with Crippen molar-refractivity contribution in [2.75, 3.05) is 24.9 Å². The molecule has 1 aliphatic rings. The van der Waals surface area contributed by atoms with E-state index in [1.54, 1.807) is 14.2 Å². The number of para-hydroxylation sites is 1. The summed E-state index contributed by atoms with van der Waals surface area (Å²) in [6.45, 7) is 0.564. The average Bonchev–Trinajstić information content (AvgIpc) is 3.25. The molecule has 0 radical (unpaired) electrons. The summed E-state index contributed by atoms with van der Waals surface area (Å²) in [4.78, 5) is 9.46. The van der Waals surface area contributed by atoms with Gasteiger partial charge in [0.1, 0.15) is 17.3 Å². The molecule has 28 heavy (non-hydrogen) atoms. The van der Waals surface area contributed by atoms with Crippen molar-refractivity contribution < 1.29 is 9.47 Å². The summed E-state index contributed by atoms with van der Waals surface area (Å²) < 4.78 is 10.8. The van der Waals surface area contributed by atoms with Crippen molar-refractivity contribution in [2.45, 2.75) is 38.3 Å². The Morgan fingerprint density at radius 3 is 2.61 bits per heavy atom. The van der Waals surface area contributed by atoms with E-state index in [4.69, 9.17) is 14.5 Å². The van der Waals surface area contributed by atoms with Crippen molar-refractivity contribution in [3.05, 3.63) is 48.0 Å². The van der Waals surface area contributed by atoms with Crippen LogP contribution >= 0.6 is 0 Å².